The Balaban J connectivity index is 1.34. The number of likely N-dealkylation sites (tertiary alicyclic amines) is 2. The number of carbonyl (C=O) groups is 1. The lowest BCUT2D eigenvalue weighted by Gasteiger charge is -2.39. The number of nitrogens with zero attached hydrogens (tertiary/aromatic N) is 2. The maximum absolute atomic E-state index is 13.5. The van der Waals surface area contributed by atoms with Crippen LogP contribution in [0, 0.1) is 5.82 Å². The van der Waals surface area contributed by atoms with E-state index < -0.39 is 0 Å². The van der Waals surface area contributed by atoms with Gasteiger partial charge in [0.25, 0.3) is 0 Å². The Morgan fingerprint density at radius 1 is 1.29 bits per heavy atom. The lowest BCUT2D eigenvalue weighted by molar-refractivity contribution is -0.146. The van der Waals surface area contributed by atoms with Crippen molar-refractivity contribution in [2.75, 3.05) is 26.7 Å². The van der Waals surface area contributed by atoms with Crippen molar-refractivity contribution in [1.29, 1.82) is 0 Å². The number of rotatable bonds is 6. The first kappa shape index (κ1) is 17.4. The Bertz CT molecular complexity index is 560. The van der Waals surface area contributed by atoms with E-state index in [9.17, 15) is 9.18 Å². The van der Waals surface area contributed by atoms with Crippen molar-refractivity contribution >= 4 is 5.91 Å². The molecule has 0 saturated carbocycles. The molecule has 4 nitrogen and oxygen atoms in total. The maximum atomic E-state index is 13.5. The molecule has 24 heavy (non-hydrogen) atoms. The van der Waals surface area contributed by atoms with E-state index in [1.54, 1.807) is 18.2 Å². The zero-order chi connectivity index (χ0) is 16.9. The fourth-order valence-electron chi connectivity index (χ4n) is 3.53. The van der Waals surface area contributed by atoms with E-state index in [2.05, 4.69) is 11.9 Å². The van der Waals surface area contributed by atoms with Crippen LogP contribution >= 0.6 is 0 Å². The Labute approximate surface area is 143 Å². The summed E-state index contributed by atoms with van der Waals surface area (Å²) < 4.78 is 19.2. The van der Waals surface area contributed by atoms with Crippen LogP contribution in [-0.4, -0.2) is 54.5 Å². The molecular formula is C19H27FN2O2. The van der Waals surface area contributed by atoms with Gasteiger partial charge in [-0.3, -0.25) is 4.79 Å². The van der Waals surface area contributed by atoms with Crippen LogP contribution in [0.5, 0.6) is 0 Å². The predicted octanol–water partition coefficient (Wildman–Crippen LogP) is 2.82. The predicted molar refractivity (Wildman–Crippen MR) is 91.1 cm³/mol. The van der Waals surface area contributed by atoms with Crippen molar-refractivity contribution in [3.8, 4) is 0 Å². The minimum atomic E-state index is -0.235. The average molecular weight is 334 g/mol. The molecule has 132 valence electrons. The van der Waals surface area contributed by atoms with Crippen LogP contribution in [0.15, 0.2) is 24.3 Å². The van der Waals surface area contributed by atoms with Crippen LogP contribution in [-0.2, 0) is 16.1 Å². The summed E-state index contributed by atoms with van der Waals surface area (Å²) >= 11 is 0. The van der Waals surface area contributed by atoms with E-state index >= 15 is 0 Å². The molecule has 0 unspecified atom stereocenters. The number of hydrogen-bond acceptors (Lipinski definition) is 3. The highest BCUT2D eigenvalue weighted by atomic mass is 19.1. The minimum Gasteiger partial charge on any atom is -0.370 e. The van der Waals surface area contributed by atoms with Crippen LogP contribution in [0.4, 0.5) is 4.39 Å². The molecule has 0 N–H and O–H groups in total. The van der Waals surface area contributed by atoms with Gasteiger partial charge in [0.05, 0.1) is 12.7 Å². The van der Waals surface area contributed by atoms with Crippen LogP contribution in [0.1, 0.15) is 37.7 Å². The fraction of sp³-hybridized carbons (Fsp3) is 0.632. The second-order valence-electron chi connectivity index (χ2n) is 6.99. The molecule has 0 radical (unpaired) electrons. The van der Waals surface area contributed by atoms with E-state index in [0.29, 0.717) is 31.1 Å². The summed E-state index contributed by atoms with van der Waals surface area (Å²) in [6.07, 6.45) is 5.36. The van der Waals surface area contributed by atoms with Crippen molar-refractivity contribution in [1.82, 2.24) is 9.80 Å². The van der Waals surface area contributed by atoms with Gasteiger partial charge in [-0.05, 0) is 38.9 Å². The zero-order valence-electron chi connectivity index (χ0n) is 14.4. The lowest BCUT2D eigenvalue weighted by Crippen LogP contribution is -2.54. The van der Waals surface area contributed by atoms with E-state index in [0.717, 1.165) is 13.0 Å². The molecule has 2 aliphatic rings. The third kappa shape index (κ3) is 4.33. The summed E-state index contributed by atoms with van der Waals surface area (Å²) in [4.78, 5) is 16.5. The molecule has 1 aromatic rings. The number of benzene rings is 1. The normalized spacial score (nSPS) is 22.4. The standard InChI is InChI=1S/C19H27FN2O2/c1-21-11-5-4-7-16(21)9-10-19(23)22-12-17(13-22)24-14-15-6-2-3-8-18(15)20/h2-3,6,8,16-17H,4-5,7,9-14H2,1H3/t16-/m0/s1. The molecule has 1 amide bonds. The summed E-state index contributed by atoms with van der Waals surface area (Å²) in [6, 6.07) is 7.21. The van der Waals surface area contributed by atoms with Gasteiger partial charge in [0, 0.05) is 31.1 Å². The topological polar surface area (TPSA) is 32.8 Å². The molecule has 2 saturated heterocycles. The molecule has 0 aromatic heterocycles. The summed E-state index contributed by atoms with van der Waals surface area (Å²) in [5.74, 6) is -0.0129. The minimum absolute atomic E-state index is 0.0333. The molecular weight excluding hydrogens is 307 g/mol. The highest BCUT2D eigenvalue weighted by molar-refractivity contribution is 5.77. The molecule has 2 fully saturated rings. The van der Waals surface area contributed by atoms with Crippen molar-refractivity contribution in [3.63, 3.8) is 0 Å². The van der Waals surface area contributed by atoms with Gasteiger partial charge in [0.15, 0.2) is 0 Å². The van der Waals surface area contributed by atoms with Gasteiger partial charge in [-0.1, -0.05) is 24.6 Å². The van der Waals surface area contributed by atoms with Crippen LogP contribution in [0.3, 0.4) is 0 Å². The summed E-state index contributed by atoms with van der Waals surface area (Å²) in [7, 11) is 2.16. The smallest absolute Gasteiger partial charge is 0.222 e. The number of halogens is 1. The quantitative estimate of drug-likeness (QED) is 0.802. The van der Waals surface area contributed by atoms with E-state index in [4.69, 9.17) is 4.74 Å². The van der Waals surface area contributed by atoms with Crippen molar-refractivity contribution in [2.24, 2.45) is 0 Å². The highest BCUT2D eigenvalue weighted by Gasteiger charge is 2.31. The zero-order valence-corrected chi connectivity index (χ0v) is 14.4. The summed E-state index contributed by atoms with van der Waals surface area (Å²) in [5, 5.41) is 0. The van der Waals surface area contributed by atoms with Gasteiger partial charge < -0.3 is 14.5 Å². The first-order valence-electron chi connectivity index (χ1n) is 8.96. The van der Waals surface area contributed by atoms with Crippen molar-refractivity contribution < 1.29 is 13.9 Å². The van der Waals surface area contributed by atoms with Gasteiger partial charge in [0.2, 0.25) is 5.91 Å². The number of carbonyl (C=O) groups excluding carboxylic acids is 1. The molecule has 1 aromatic carbocycles. The van der Waals surface area contributed by atoms with Gasteiger partial charge in [-0.15, -0.1) is 0 Å². The Morgan fingerprint density at radius 3 is 2.83 bits per heavy atom. The number of hydrogen-bond donors (Lipinski definition) is 0. The molecule has 0 bridgehead atoms. The van der Waals surface area contributed by atoms with E-state index in [1.807, 2.05) is 4.90 Å². The third-order valence-electron chi connectivity index (χ3n) is 5.25. The first-order chi connectivity index (χ1) is 11.6. The lowest BCUT2D eigenvalue weighted by atomic mass is 9.98. The molecule has 2 heterocycles. The second-order valence-corrected chi connectivity index (χ2v) is 6.99. The van der Waals surface area contributed by atoms with Gasteiger partial charge in [-0.25, -0.2) is 4.39 Å². The highest BCUT2D eigenvalue weighted by Crippen LogP contribution is 2.21. The first-order valence-corrected chi connectivity index (χ1v) is 8.96. The number of ether oxygens (including phenoxy) is 1. The van der Waals surface area contributed by atoms with Crippen LogP contribution in [0.2, 0.25) is 0 Å². The maximum Gasteiger partial charge on any atom is 0.222 e. The monoisotopic (exact) mass is 334 g/mol. The average Bonchev–Trinajstić information content (AvgIpc) is 2.54. The number of piperidine rings is 1. The van der Waals surface area contributed by atoms with Gasteiger partial charge in [-0.2, -0.15) is 0 Å². The Morgan fingerprint density at radius 2 is 2.08 bits per heavy atom. The SMILES string of the molecule is CN1CCCC[C@H]1CCC(=O)N1CC(OCc2ccccc2F)C1. The summed E-state index contributed by atoms with van der Waals surface area (Å²) in [6.45, 7) is 2.68. The largest absolute Gasteiger partial charge is 0.370 e. The van der Waals surface area contributed by atoms with Crippen molar-refractivity contribution in [3.05, 3.63) is 35.6 Å². The molecule has 3 rings (SSSR count). The second kappa shape index (κ2) is 8.08. The molecule has 0 spiro atoms. The molecule has 1 atom stereocenters. The van der Waals surface area contributed by atoms with Gasteiger partial charge in [0.1, 0.15) is 5.82 Å². The molecule has 2 aliphatic heterocycles. The van der Waals surface area contributed by atoms with E-state index in [1.165, 1.54) is 25.3 Å². The van der Waals surface area contributed by atoms with Gasteiger partial charge >= 0.3 is 0 Å². The number of amides is 1. The van der Waals surface area contributed by atoms with Crippen LogP contribution < -0.4 is 0 Å². The Kier molecular flexibility index (Phi) is 5.85. The van der Waals surface area contributed by atoms with Crippen molar-refractivity contribution in [2.45, 2.75) is 50.9 Å². The molecule has 0 aliphatic carbocycles. The molecule has 5 heteroatoms. The van der Waals surface area contributed by atoms with Crippen LogP contribution in [0.25, 0.3) is 0 Å². The third-order valence-corrected chi connectivity index (χ3v) is 5.25. The fourth-order valence-corrected chi connectivity index (χ4v) is 3.53. The summed E-state index contributed by atoms with van der Waals surface area (Å²) in [5.41, 5.74) is 0.572. The van der Waals surface area contributed by atoms with E-state index in [-0.39, 0.29) is 24.4 Å². The Hall–Kier alpha value is -1.46.